The smallest absolute Gasteiger partial charge is 0.0443 e. The zero-order valence-corrected chi connectivity index (χ0v) is 10.2. The molecule has 1 N–H and O–H groups in total. The predicted octanol–water partition coefficient (Wildman–Crippen LogP) is 2.50. The topological polar surface area (TPSA) is 15.3 Å². The van der Waals surface area contributed by atoms with E-state index < -0.39 is 0 Å². The molecule has 0 radical (unpaired) electrons. The molecule has 2 aromatic rings. The Morgan fingerprint density at radius 1 is 1.12 bits per heavy atom. The van der Waals surface area contributed by atoms with Gasteiger partial charge in [0, 0.05) is 43.7 Å². The summed E-state index contributed by atoms with van der Waals surface area (Å²) >= 11 is 0. The summed E-state index contributed by atoms with van der Waals surface area (Å²) in [5.74, 6) is 0.805. The van der Waals surface area contributed by atoms with Crippen LogP contribution in [0.2, 0.25) is 0 Å². The molecule has 1 fully saturated rings. The fraction of sp³-hybridized carbons (Fsp3) is 0.333. The normalized spacial score (nSPS) is 15.8. The van der Waals surface area contributed by atoms with Gasteiger partial charge < -0.3 is 10.2 Å². The van der Waals surface area contributed by atoms with Gasteiger partial charge in [-0.1, -0.05) is 36.4 Å². The molecular weight excluding hydrogens is 208 g/mol. The van der Waals surface area contributed by atoms with Crippen LogP contribution in [0.5, 0.6) is 0 Å². The molecule has 1 saturated heterocycles. The third kappa shape index (κ3) is 2.01. The highest BCUT2D eigenvalue weighted by atomic mass is 15.1. The second kappa shape index (κ2) is 4.38. The first-order chi connectivity index (χ1) is 8.34. The molecule has 88 valence electrons. The van der Waals surface area contributed by atoms with Gasteiger partial charge in [-0.2, -0.15) is 0 Å². The molecule has 17 heavy (non-hydrogen) atoms. The summed E-state index contributed by atoms with van der Waals surface area (Å²) in [5.41, 5.74) is 1.34. The van der Waals surface area contributed by atoms with Gasteiger partial charge in [0.1, 0.15) is 0 Å². The van der Waals surface area contributed by atoms with Crippen molar-refractivity contribution in [1.82, 2.24) is 5.32 Å². The molecule has 1 heterocycles. The Morgan fingerprint density at radius 2 is 1.88 bits per heavy atom. The van der Waals surface area contributed by atoms with E-state index in [-0.39, 0.29) is 0 Å². The molecule has 1 aliphatic rings. The summed E-state index contributed by atoms with van der Waals surface area (Å²) in [7, 11) is 2.19. The van der Waals surface area contributed by atoms with E-state index in [4.69, 9.17) is 0 Å². The van der Waals surface area contributed by atoms with E-state index in [9.17, 15) is 0 Å². The highest BCUT2D eigenvalue weighted by Gasteiger charge is 2.19. The Bertz CT molecular complexity index is 512. The Hall–Kier alpha value is -1.54. The quantitative estimate of drug-likeness (QED) is 0.865. The number of rotatable bonds is 3. The highest BCUT2D eigenvalue weighted by molar-refractivity contribution is 5.94. The Morgan fingerprint density at radius 3 is 2.65 bits per heavy atom. The van der Waals surface area contributed by atoms with Crippen LogP contribution in [0.1, 0.15) is 0 Å². The van der Waals surface area contributed by atoms with Crippen LogP contribution in [0.3, 0.4) is 0 Å². The van der Waals surface area contributed by atoms with Crippen LogP contribution >= 0.6 is 0 Å². The Balaban J connectivity index is 1.92. The molecule has 2 nitrogen and oxygen atoms in total. The molecule has 2 aromatic carbocycles. The van der Waals surface area contributed by atoms with Crippen molar-refractivity contribution in [2.75, 3.05) is 31.6 Å². The number of fused-ring (bicyclic) bond motifs is 1. The van der Waals surface area contributed by atoms with E-state index in [0.29, 0.717) is 0 Å². The standard InChI is InChI=1S/C15H18N2/c1-17(11-12-9-16-10-12)15-8-4-6-13-5-2-3-7-14(13)15/h2-8,12,16H,9-11H2,1H3. The summed E-state index contributed by atoms with van der Waals surface area (Å²) in [5, 5.41) is 6.00. The monoisotopic (exact) mass is 226 g/mol. The number of benzene rings is 2. The van der Waals surface area contributed by atoms with Crippen molar-refractivity contribution in [2.24, 2.45) is 5.92 Å². The van der Waals surface area contributed by atoms with Crippen LogP contribution in [0.4, 0.5) is 5.69 Å². The van der Waals surface area contributed by atoms with E-state index in [1.165, 1.54) is 16.5 Å². The molecule has 0 saturated carbocycles. The summed E-state index contributed by atoms with van der Waals surface area (Å²) in [4.78, 5) is 2.38. The van der Waals surface area contributed by atoms with Crippen LogP contribution in [-0.2, 0) is 0 Å². The van der Waals surface area contributed by atoms with Gasteiger partial charge in [0.25, 0.3) is 0 Å². The fourth-order valence-corrected chi connectivity index (χ4v) is 2.50. The maximum Gasteiger partial charge on any atom is 0.0443 e. The van der Waals surface area contributed by atoms with Gasteiger partial charge in [-0.15, -0.1) is 0 Å². The van der Waals surface area contributed by atoms with Crippen LogP contribution in [0, 0.1) is 5.92 Å². The summed E-state index contributed by atoms with van der Waals surface area (Å²) < 4.78 is 0. The number of hydrogen-bond acceptors (Lipinski definition) is 2. The van der Waals surface area contributed by atoms with Gasteiger partial charge in [-0.25, -0.2) is 0 Å². The van der Waals surface area contributed by atoms with Crippen LogP contribution < -0.4 is 10.2 Å². The first-order valence-electron chi connectivity index (χ1n) is 6.24. The van der Waals surface area contributed by atoms with Crippen molar-refractivity contribution in [3.8, 4) is 0 Å². The van der Waals surface area contributed by atoms with E-state index in [1.807, 2.05) is 0 Å². The van der Waals surface area contributed by atoms with Gasteiger partial charge in [-0.05, 0) is 11.5 Å². The molecule has 3 rings (SSSR count). The predicted molar refractivity (Wildman–Crippen MR) is 73.6 cm³/mol. The lowest BCUT2D eigenvalue weighted by Crippen LogP contribution is -2.47. The molecule has 2 heteroatoms. The molecule has 1 aliphatic heterocycles. The molecule has 0 unspecified atom stereocenters. The first kappa shape index (κ1) is 10.6. The van der Waals surface area contributed by atoms with Gasteiger partial charge in [0.15, 0.2) is 0 Å². The average molecular weight is 226 g/mol. The van der Waals surface area contributed by atoms with E-state index >= 15 is 0 Å². The minimum atomic E-state index is 0.805. The zero-order chi connectivity index (χ0) is 11.7. The van der Waals surface area contributed by atoms with Crippen molar-refractivity contribution in [1.29, 1.82) is 0 Å². The maximum absolute atomic E-state index is 3.33. The minimum absolute atomic E-state index is 0.805. The van der Waals surface area contributed by atoms with E-state index in [1.54, 1.807) is 0 Å². The summed E-state index contributed by atoms with van der Waals surface area (Å²) in [6, 6.07) is 15.1. The number of nitrogens with zero attached hydrogens (tertiary/aromatic N) is 1. The van der Waals surface area contributed by atoms with Crippen LogP contribution in [-0.4, -0.2) is 26.7 Å². The van der Waals surface area contributed by atoms with Gasteiger partial charge >= 0.3 is 0 Å². The van der Waals surface area contributed by atoms with E-state index in [2.05, 4.69) is 59.7 Å². The second-order valence-corrected chi connectivity index (χ2v) is 4.90. The SMILES string of the molecule is CN(CC1CNC1)c1cccc2ccccc12. The lowest BCUT2D eigenvalue weighted by molar-refractivity contribution is 0.353. The molecule has 0 bridgehead atoms. The van der Waals surface area contributed by atoms with Crippen molar-refractivity contribution in [2.45, 2.75) is 0 Å². The molecular formula is C15H18N2. The van der Waals surface area contributed by atoms with Gasteiger partial charge in [0.05, 0.1) is 0 Å². The largest absolute Gasteiger partial charge is 0.374 e. The molecule has 0 aliphatic carbocycles. The molecule has 0 aromatic heterocycles. The van der Waals surface area contributed by atoms with Crippen LogP contribution in [0.25, 0.3) is 10.8 Å². The molecule has 0 spiro atoms. The third-order valence-electron chi connectivity index (χ3n) is 3.58. The highest BCUT2D eigenvalue weighted by Crippen LogP contribution is 2.26. The van der Waals surface area contributed by atoms with E-state index in [0.717, 1.165) is 25.6 Å². The van der Waals surface area contributed by atoms with Crippen LogP contribution in [0.15, 0.2) is 42.5 Å². The van der Waals surface area contributed by atoms with Crippen molar-refractivity contribution in [3.05, 3.63) is 42.5 Å². The number of hydrogen-bond donors (Lipinski definition) is 1. The minimum Gasteiger partial charge on any atom is -0.374 e. The van der Waals surface area contributed by atoms with Gasteiger partial charge in [-0.3, -0.25) is 0 Å². The fourth-order valence-electron chi connectivity index (χ4n) is 2.50. The molecule has 0 amide bonds. The average Bonchev–Trinajstić information content (AvgIpc) is 2.33. The summed E-state index contributed by atoms with van der Waals surface area (Å²) in [6.07, 6.45) is 0. The van der Waals surface area contributed by atoms with Crippen molar-refractivity contribution < 1.29 is 0 Å². The Labute approximate surface area is 102 Å². The number of nitrogens with one attached hydrogen (secondary N) is 1. The maximum atomic E-state index is 3.33. The molecule has 0 atom stereocenters. The van der Waals surface area contributed by atoms with Gasteiger partial charge in [0.2, 0.25) is 0 Å². The Kier molecular flexibility index (Phi) is 2.73. The first-order valence-corrected chi connectivity index (χ1v) is 6.24. The third-order valence-corrected chi connectivity index (χ3v) is 3.58. The number of anilines is 1. The van der Waals surface area contributed by atoms with Crippen molar-refractivity contribution >= 4 is 16.5 Å². The summed E-state index contributed by atoms with van der Waals surface area (Å²) in [6.45, 7) is 3.46. The zero-order valence-electron chi connectivity index (χ0n) is 10.2. The lowest BCUT2D eigenvalue weighted by atomic mass is 10.0. The lowest BCUT2D eigenvalue weighted by Gasteiger charge is -2.32. The second-order valence-electron chi connectivity index (χ2n) is 4.90. The van der Waals surface area contributed by atoms with Crippen molar-refractivity contribution in [3.63, 3.8) is 0 Å².